The molecule has 0 N–H and O–H groups in total. The van der Waals surface area contributed by atoms with E-state index in [1.54, 1.807) is 36.7 Å². The minimum atomic E-state index is 0.647. The summed E-state index contributed by atoms with van der Waals surface area (Å²) in [7, 11) is 0. The largest absolute Gasteiger partial charge is 0.205 e. The van der Waals surface area contributed by atoms with E-state index < -0.39 is 0 Å². The van der Waals surface area contributed by atoms with Crippen molar-refractivity contribution in [2.75, 3.05) is 10.0 Å². The highest BCUT2D eigenvalue weighted by atomic mass is 16.3. The maximum atomic E-state index is 11.1. The molecule has 0 heterocycles. The number of hydrogen-bond donors (Lipinski definition) is 0. The highest BCUT2D eigenvalue weighted by molar-refractivity contribution is 5.57. The van der Waals surface area contributed by atoms with Crippen LogP contribution in [0.4, 0.5) is 11.4 Å². The van der Waals surface area contributed by atoms with E-state index in [0.29, 0.717) is 11.4 Å². The van der Waals surface area contributed by atoms with Crippen molar-refractivity contribution in [3.8, 4) is 0 Å². The Bertz CT molecular complexity index is 519. The van der Waals surface area contributed by atoms with Crippen molar-refractivity contribution >= 4 is 11.4 Å². The van der Waals surface area contributed by atoms with Gasteiger partial charge in [0.05, 0.1) is 21.9 Å². The molecule has 0 fully saturated rings. The summed E-state index contributed by atoms with van der Waals surface area (Å²) >= 11 is 0. The molecule has 1 aromatic carbocycles. The highest BCUT2D eigenvalue weighted by Gasteiger charge is 2.06. The van der Waals surface area contributed by atoms with Gasteiger partial charge in [0.1, 0.15) is 0 Å². The Morgan fingerprint density at radius 3 is 1.42 bits per heavy atom. The molecule has 0 unspecified atom stereocenters. The predicted molar refractivity (Wildman–Crippen MR) is 110 cm³/mol. The van der Waals surface area contributed by atoms with Crippen molar-refractivity contribution in [2.24, 2.45) is 10.6 Å². The molecule has 26 heavy (non-hydrogen) atoms. The lowest BCUT2D eigenvalue weighted by molar-refractivity contribution is 0.728. The number of unbranched alkanes of at least 4 members (excludes halogenated alkanes) is 6. The van der Waals surface area contributed by atoms with E-state index in [-0.39, 0.29) is 0 Å². The predicted octanol–water partition coefficient (Wildman–Crippen LogP) is 6.85. The Morgan fingerprint density at radius 1 is 0.731 bits per heavy atom. The van der Waals surface area contributed by atoms with Gasteiger partial charge in [-0.05, 0) is 49.9 Å². The quantitative estimate of drug-likeness (QED) is 0.207. The summed E-state index contributed by atoms with van der Waals surface area (Å²) in [6.45, 7) is 4.31. The molecule has 0 saturated heterocycles. The molecule has 142 valence electrons. The molecule has 0 atom stereocenters. The molecule has 1 aromatic rings. The zero-order chi connectivity index (χ0) is 19.0. The van der Waals surface area contributed by atoms with E-state index in [1.165, 1.54) is 35.7 Å². The van der Waals surface area contributed by atoms with Crippen LogP contribution in [0.15, 0.2) is 59.4 Å². The second-order valence-electron chi connectivity index (χ2n) is 6.13. The van der Waals surface area contributed by atoms with Crippen LogP contribution >= 0.6 is 0 Å². The zero-order valence-electron chi connectivity index (χ0n) is 15.9. The first-order chi connectivity index (χ1) is 12.8. The molecule has 0 aromatic heterocycles. The third-order valence-electron chi connectivity index (χ3n) is 4.00. The van der Waals surface area contributed by atoms with E-state index in [0.717, 1.165) is 25.7 Å². The standard InChI is InChI=1S/C20H30N4O2/c1-3-5-7-9-11-17-23(21-25)19-13-15-20(16-14-19)24(22-26)18-12-10-8-6-4-2/h11-18H,3-10H2,1-2H3/b17-11+,18-12+. The molecule has 1 rings (SSSR count). The lowest BCUT2D eigenvalue weighted by atomic mass is 10.2. The van der Waals surface area contributed by atoms with Crippen molar-refractivity contribution in [1.82, 2.24) is 0 Å². The minimum absolute atomic E-state index is 0.647. The Kier molecular flexibility index (Phi) is 11.4. The van der Waals surface area contributed by atoms with Gasteiger partial charge in [-0.2, -0.15) is 0 Å². The first-order valence-electron chi connectivity index (χ1n) is 9.45. The van der Waals surface area contributed by atoms with Gasteiger partial charge < -0.3 is 0 Å². The molecule has 0 radical (unpaired) electrons. The van der Waals surface area contributed by atoms with E-state index in [9.17, 15) is 9.81 Å². The molecule has 6 nitrogen and oxygen atoms in total. The SMILES string of the molecule is CCCCC/C=C/N(N=O)c1ccc(N(/C=C/CCCCC)N=O)cc1. The monoisotopic (exact) mass is 358 g/mol. The number of anilines is 2. The molecular formula is C20H30N4O2. The van der Waals surface area contributed by atoms with Gasteiger partial charge in [-0.15, -0.1) is 9.81 Å². The maximum absolute atomic E-state index is 11.1. The smallest absolute Gasteiger partial charge is 0.0679 e. The second-order valence-corrected chi connectivity index (χ2v) is 6.13. The molecule has 0 aliphatic heterocycles. The summed E-state index contributed by atoms with van der Waals surface area (Å²) in [4.78, 5) is 22.1. The number of nitroso groups, excluding NO2 is 2. The Morgan fingerprint density at radius 2 is 1.12 bits per heavy atom. The number of rotatable bonds is 14. The van der Waals surface area contributed by atoms with Gasteiger partial charge in [-0.3, -0.25) is 0 Å². The summed E-state index contributed by atoms with van der Waals surface area (Å²) in [6.07, 6.45) is 16.0. The highest BCUT2D eigenvalue weighted by Crippen LogP contribution is 2.22. The topological polar surface area (TPSA) is 65.3 Å². The molecule has 0 spiro atoms. The van der Waals surface area contributed by atoms with Gasteiger partial charge >= 0.3 is 0 Å². The number of benzene rings is 1. The van der Waals surface area contributed by atoms with Gasteiger partial charge in [-0.1, -0.05) is 51.7 Å². The molecule has 0 aliphatic carbocycles. The number of hydrogen-bond acceptors (Lipinski definition) is 4. The van der Waals surface area contributed by atoms with Crippen LogP contribution in [0, 0.1) is 9.81 Å². The van der Waals surface area contributed by atoms with Crippen LogP contribution in [-0.4, -0.2) is 0 Å². The van der Waals surface area contributed by atoms with Crippen LogP contribution in [0.5, 0.6) is 0 Å². The third kappa shape index (κ3) is 8.05. The summed E-state index contributed by atoms with van der Waals surface area (Å²) in [5, 5.41) is 8.64. The van der Waals surface area contributed by atoms with E-state index in [1.807, 2.05) is 12.2 Å². The zero-order valence-corrected chi connectivity index (χ0v) is 15.9. The summed E-state index contributed by atoms with van der Waals surface area (Å²) in [5.74, 6) is 0. The minimum Gasteiger partial charge on any atom is -0.205 e. The van der Waals surface area contributed by atoms with Gasteiger partial charge in [0, 0.05) is 12.4 Å². The Balaban J connectivity index is 2.66. The molecule has 6 heteroatoms. The first kappa shape index (κ1) is 21.5. The fraction of sp³-hybridized carbons (Fsp3) is 0.500. The van der Waals surface area contributed by atoms with E-state index >= 15 is 0 Å². The normalized spacial score (nSPS) is 11.2. The van der Waals surface area contributed by atoms with E-state index in [4.69, 9.17) is 0 Å². The Hall–Kier alpha value is -2.50. The van der Waals surface area contributed by atoms with Crippen LogP contribution in [0.3, 0.4) is 0 Å². The average molecular weight is 358 g/mol. The molecular weight excluding hydrogens is 328 g/mol. The summed E-state index contributed by atoms with van der Waals surface area (Å²) in [5.41, 5.74) is 1.29. The number of nitrogens with zero attached hydrogens (tertiary/aromatic N) is 4. The van der Waals surface area contributed by atoms with Crippen LogP contribution in [0.1, 0.15) is 65.2 Å². The van der Waals surface area contributed by atoms with E-state index in [2.05, 4.69) is 24.4 Å². The van der Waals surface area contributed by atoms with Crippen molar-refractivity contribution in [2.45, 2.75) is 65.2 Å². The lowest BCUT2D eigenvalue weighted by Gasteiger charge is -2.13. The molecule has 0 bridgehead atoms. The van der Waals surface area contributed by atoms with Gasteiger partial charge in [0.15, 0.2) is 0 Å². The molecule has 0 aliphatic rings. The van der Waals surface area contributed by atoms with Gasteiger partial charge in [-0.25, -0.2) is 10.0 Å². The second kappa shape index (κ2) is 13.8. The van der Waals surface area contributed by atoms with Crippen molar-refractivity contribution in [1.29, 1.82) is 0 Å². The summed E-state index contributed by atoms with van der Waals surface area (Å²) < 4.78 is 0. The Labute approximate surface area is 156 Å². The fourth-order valence-corrected chi connectivity index (χ4v) is 2.45. The fourth-order valence-electron chi connectivity index (χ4n) is 2.45. The van der Waals surface area contributed by atoms with Crippen LogP contribution in [-0.2, 0) is 0 Å². The van der Waals surface area contributed by atoms with Crippen molar-refractivity contribution in [3.63, 3.8) is 0 Å². The first-order valence-corrected chi connectivity index (χ1v) is 9.45. The van der Waals surface area contributed by atoms with Crippen LogP contribution in [0.25, 0.3) is 0 Å². The molecule has 0 amide bonds. The number of allylic oxidation sites excluding steroid dienone is 2. The van der Waals surface area contributed by atoms with Crippen molar-refractivity contribution < 1.29 is 0 Å². The average Bonchev–Trinajstić information content (AvgIpc) is 2.68. The van der Waals surface area contributed by atoms with Crippen LogP contribution in [0.2, 0.25) is 0 Å². The van der Waals surface area contributed by atoms with Crippen LogP contribution < -0.4 is 10.0 Å². The summed E-state index contributed by atoms with van der Waals surface area (Å²) in [6, 6.07) is 6.98. The van der Waals surface area contributed by atoms with Gasteiger partial charge in [0.2, 0.25) is 0 Å². The molecule has 0 saturated carbocycles. The maximum Gasteiger partial charge on any atom is 0.0679 e. The third-order valence-corrected chi connectivity index (χ3v) is 4.00. The van der Waals surface area contributed by atoms with Gasteiger partial charge in [0.25, 0.3) is 0 Å². The van der Waals surface area contributed by atoms with Crippen molar-refractivity contribution in [3.05, 3.63) is 58.6 Å². The lowest BCUT2D eigenvalue weighted by Crippen LogP contribution is -2.08.